The first-order valence-corrected chi connectivity index (χ1v) is 7.19. The summed E-state index contributed by atoms with van der Waals surface area (Å²) in [6.45, 7) is 5.01. The third-order valence-electron chi connectivity index (χ3n) is 3.28. The average molecular weight is 314 g/mol. The first-order valence-electron chi connectivity index (χ1n) is 6.81. The number of nitrogens with one attached hydrogen (secondary N) is 1. The molecule has 5 nitrogen and oxygen atoms in total. The third-order valence-corrected chi connectivity index (χ3v) is 3.59. The molecular weight excluding hydrogens is 294 g/mol. The van der Waals surface area contributed by atoms with Gasteiger partial charge in [-0.25, -0.2) is 0 Å². The van der Waals surface area contributed by atoms with Crippen LogP contribution in [0.1, 0.15) is 27.2 Å². The highest BCUT2D eigenvalue weighted by Crippen LogP contribution is 2.24. The third kappa shape index (κ3) is 4.93. The fourth-order valence-electron chi connectivity index (χ4n) is 1.67. The Morgan fingerprint density at radius 2 is 1.95 bits per heavy atom. The molecule has 0 aliphatic rings. The number of benzene rings is 1. The SMILES string of the molecule is CCC(Oc1ccccc1Cl)C(=O)NC(C)C(C)C(=O)O. The first kappa shape index (κ1) is 17.3. The highest BCUT2D eigenvalue weighted by molar-refractivity contribution is 6.32. The van der Waals surface area contributed by atoms with Crippen LogP contribution in [0.4, 0.5) is 0 Å². The van der Waals surface area contributed by atoms with Crippen LogP contribution in [-0.2, 0) is 9.59 Å². The van der Waals surface area contributed by atoms with Crippen molar-refractivity contribution in [1.82, 2.24) is 5.32 Å². The molecule has 0 aliphatic heterocycles. The lowest BCUT2D eigenvalue weighted by atomic mass is 10.0. The van der Waals surface area contributed by atoms with E-state index in [1.54, 1.807) is 38.1 Å². The summed E-state index contributed by atoms with van der Waals surface area (Å²) >= 11 is 5.99. The molecule has 3 atom stereocenters. The molecule has 1 aromatic rings. The normalized spacial score (nSPS) is 14.9. The van der Waals surface area contributed by atoms with Crippen LogP contribution in [0.3, 0.4) is 0 Å². The molecule has 0 bridgehead atoms. The van der Waals surface area contributed by atoms with E-state index in [-0.39, 0.29) is 5.91 Å². The molecule has 0 aliphatic carbocycles. The molecule has 6 heteroatoms. The number of carboxylic acid groups (broad SMARTS) is 1. The van der Waals surface area contributed by atoms with Gasteiger partial charge in [0.1, 0.15) is 5.75 Å². The van der Waals surface area contributed by atoms with Crippen LogP contribution >= 0.6 is 11.6 Å². The van der Waals surface area contributed by atoms with Gasteiger partial charge in [-0.3, -0.25) is 9.59 Å². The number of aliphatic carboxylic acids is 1. The maximum absolute atomic E-state index is 12.2. The molecule has 1 rings (SSSR count). The molecular formula is C15H20ClNO4. The second-order valence-corrected chi connectivity index (χ2v) is 5.28. The maximum Gasteiger partial charge on any atom is 0.308 e. The number of para-hydroxylation sites is 1. The average Bonchev–Trinajstić information content (AvgIpc) is 2.45. The standard InChI is InChI=1S/C15H20ClNO4/c1-4-12(21-13-8-6-5-7-11(13)16)14(18)17-10(3)9(2)15(19)20/h5-10,12H,4H2,1-3H3,(H,17,18)(H,19,20). The number of rotatable bonds is 7. The molecule has 0 heterocycles. The van der Waals surface area contributed by atoms with Crippen LogP contribution in [0.5, 0.6) is 5.75 Å². The quantitative estimate of drug-likeness (QED) is 0.811. The van der Waals surface area contributed by atoms with E-state index in [9.17, 15) is 9.59 Å². The number of hydrogen-bond acceptors (Lipinski definition) is 3. The molecule has 0 spiro atoms. The largest absolute Gasteiger partial charge is 0.481 e. The van der Waals surface area contributed by atoms with Crippen LogP contribution < -0.4 is 10.1 Å². The van der Waals surface area contributed by atoms with E-state index >= 15 is 0 Å². The summed E-state index contributed by atoms with van der Waals surface area (Å²) < 4.78 is 5.61. The van der Waals surface area contributed by atoms with Crippen LogP contribution in [0, 0.1) is 5.92 Å². The minimum absolute atomic E-state index is 0.349. The zero-order valence-corrected chi connectivity index (χ0v) is 13.1. The van der Waals surface area contributed by atoms with Crippen LogP contribution in [0.15, 0.2) is 24.3 Å². The van der Waals surface area contributed by atoms with Crippen molar-refractivity contribution in [3.8, 4) is 5.75 Å². The maximum atomic E-state index is 12.2. The van der Waals surface area contributed by atoms with Gasteiger partial charge in [-0.15, -0.1) is 0 Å². The van der Waals surface area contributed by atoms with Crippen molar-refractivity contribution in [3.05, 3.63) is 29.3 Å². The molecule has 116 valence electrons. The highest BCUT2D eigenvalue weighted by Gasteiger charge is 2.25. The summed E-state index contributed by atoms with van der Waals surface area (Å²) in [5.41, 5.74) is 0. The fraction of sp³-hybridized carbons (Fsp3) is 0.467. The molecule has 1 amide bonds. The van der Waals surface area contributed by atoms with Crippen LogP contribution in [-0.4, -0.2) is 29.1 Å². The second-order valence-electron chi connectivity index (χ2n) is 4.87. The Morgan fingerprint density at radius 1 is 1.33 bits per heavy atom. The molecule has 0 saturated carbocycles. The Bertz CT molecular complexity index is 506. The van der Waals surface area contributed by atoms with Gasteiger partial charge in [-0.2, -0.15) is 0 Å². The Balaban J connectivity index is 2.70. The van der Waals surface area contributed by atoms with E-state index in [0.29, 0.717) is 17.2 Å². The molecule has 1 aromatic carbocycles. The predicted octanol–water partition coefficient (Wildman–Crippen LogP) is 2.72. The number of ether oxygens (including phenoxy) is 1. The van der Waals surface area contributed by atoms with E-state index in [1.807, 2.05) is 6.92 Å². The number of carboxylic acids is 1. The van der Waals surface area contributed by atoms with Gasteiger partial charge in [0.05, 0.1) is 10.9 Å². The topological polar surface area (TPSA) is 75.6 Å². The van der Waals surface area contributed by atoms with Gasteiger partial charge in [0.25, 0.3) is 5.91 Å². The fourth-order valence-corrected chi connectivity index (χ4v) is 1.85. The summed E-state index contributed by atoms with van der Waals surface area (Å²) in [5, 5.41) is 12.0. The van der Waals surface area contributed by atoms with E-state index in [1.165, 1.54) is 0 Å². The van der Waals surface area contributed by atoms with Crippen LogP contribution in [0.25, 0.3) is 0 Å². The molecule has 21 heavy (non-hydrogen) atoms. The number of halogens is 1. The van der Waals surface area contributed by atoms with Crippen molar-refractivity contribution >= 4 is 23.5 Å². The second kappa shape index (κ2) is 7.88. The van der Waals surface area contributed by atoms with Gasteiger partial charge < -0.3 is 15.2 Å². The van der Waals surface area contributed by atoms with Gasteiger partial charge in [0.2, 0.25) is 0 Å². The summed E-state index contributed by atoms with van der Waals surface area (Å²) in [6.07, 6.45) is -0.265. The van der Waals surface area contributed by atoms with E-state index in [4.69, 9.17) is 21.4 Å². The molecule has 0 radical (unpaired) electrons. The minimum atomic E-state index is -0.956. The zero-order chi connectivity index (χ0) is 16.0. The molecule has 0 fully saturated rings. The monoisotopic (exact) mass is 313 g/mol. The van der Waals surface area contributed by atoms with Crippen molar-refractivity contribution in [2.24, 2.45) is 5.92 Å². The van der Waals surface area contributed by atoms with Gasteiger partial charge in [0.15, 0.2) is 6.10 Å². The van der Waals surface area contributed by atoms with Crippen molar-refractivity contribution in [2.75, 3.05) is 0 Å². The summed E-state index contributed by atoms with van der Waals surface area (Å²) in [7, 11) is 0. The number of carbonyl (C=O) groups excluding carboxylic acids is 1. The summed E-state index contributed by atoms with van der Waals surface area (Å²) in [5.74, 6) is -1.55. The summed E-state index contributed by atoms with van der Waals surface area (Å²) in [4.78, 5) is 23.1. The predicted molar refractivity (Wildman–Crippen MR) is 80.6 cm³/mol. The Labute approximate surface area is 129 Å². The van der Waals surface area contributed by atoms with Crippen LogP contribution in [0.2, 0.25) is 5.02 Å². The van der Waals surface area contributed by atoms with E-state index < -0.39 is 24.0 Å². The van der Waals surface area contributed by atoms with Crippen molar-refractivity contribution in [3.63, 3.8) is 0 Å². The Morgan fingerprint density at radius 3 is 2.48 bits per heavy atom. The van der Waals surface area contributed by atoms with Crippen molar-refractivity contribution in [1.29, 1.82) is 0 Å². The van der Waals surface area contributed by atoms with Gasteiger partial charge in [-0.1, -0.05) is 30.7 Å². The van der Waals surface area contributed by atoms with Crippen molar-refractivity contribution < 1.29 is 19.4 Å². The van der Waals surface area contributed by atoms with Crippen molar-refractivity contribution in [2.45, 2.75) is 39.3 Å². The lowest BCUT2D eigenvalue weighted by molar-refractivity contribution is -0.142. The van der Waals surface area contributed by atoms with E-state index in [0.717, 1.165) is 0 Å². The lowest BCUT2D eigenvalue weighted by Gasteiger charge is -2.22. The summed E-state index contributed by atoms with van der Waals surface area (Å²) in [6, 6.07) is 6.41. The molecule has 0 aromatic heterocycles. The van der Waals surface area contributed by atoms with E-state index in [2.05, 4.69) is 5.32 Å². The molecule has 3 unspecified atom stereocenters. The number of carbonyl (C=O) groups is 2. The number of hydrogen-bond donors (Lipinski definition) is 2. The smallest absolute Gasteiger partial charge is 0.308 e. The first-order chi connectivity index (χ1) is 9.86. The molecule has 2 N–H and O–H groups in total. The highest BCUT2D eigenvalue weighted by atomic mass is 35.5. The Hall–Kier alpha value is -1.75. The minimum Gasteiger partial charge on any atom is -0.481 e. The van der Waals surface area contributed by atoms with Gasteiger partial charge >= 0.3 is 5.97 Å². The van der Waals surface area contributed by atoms with Gasteiger partial charge in [-0.05, 0) is 32.4 Å². The van der Waals surface area contributed by atoms with Gasteiger partial charge in [0, 0.05) is 6.04 Å². The number of amides is 1. The zero-order valence-electron chi connectivity index (χ0n) is 12.3. The molecule has 0 saturated heterocycles. The Kier molecular flexibility index (Phi) is 6.49. The lowest BCUT2D eigenvalue weighted by Crippen LogP contribution is -2.46.